The average Bonchev–Trinajstić information content (AvgIpc) is 2.24. The SMILES string of the molecule is CCN(CCO)c1cc(C#N)cc(C)n1. The van der Waals surface area contributed by atoms with Crippen LogP contribution in [0.5, 0.6) is 0 Å². The molecule has 0 atom stereocenters. The van der Waals surface area contributed by atoms with Crippen molar-refractivity contribution in [3.8, 4) is 6.07 Å². The van der Waals surface area contributed by atoms with E-state index in [9.17, 15) is 0 Å². The van der Waals surface area contributed by atoms with E-state index in [1.807, 2.05) is 18.7 Å². The van der Waals surface area contributed by atoms with Crippen LogP contribution in [0.15, 0.2) is 12.1 Å². The van der Waals surface area contributed by atoms with Crippen molar-refractivity contribution in [1.29, 1.82) is 5.26 Å². The minimum absolute atomic E-state index is 0.0886. The molecule has 15 heavy (non-hydrogen) atoms. The fraction of sp³-hybridized carbons (Fsp3) is 0.455. The van der Waals surface area contributed by atoms with E-state index in [-0.39, 0.29) is 6.61 Å². The Morgan fingerprint density at radius 1 is 1.53 bits per heavy atom. The molecule has 0 aliphatic carbocycles. The maximum absolute atomic E-state index is 8.89. The third-order valence-electron chi connectivity index (χ3n) is 2.14. The molecular weight excluding hydrogens is 190 g/mol. The summed E-state index contributed by atoms with van der Waals surface area (Å²) in [5.41, 5.74) is 1.43. The Balaban J connectivity index is 3.02. The number of rotatable bonds is 4. The van der Waals surface area contributed by atoms with Gasteiger partial charge in [-0.05, 0) is 26.0 Å². The molecule has 1 N–H and O–H groups in total. The highest BCUT2D eigenvalue weighted by molar-refractivity contribution is 5.46. The lowest BCUT2D eigenvalue weighted by atomic mass is 10.2. The van der Waals surface area contributed by atoms with Gasteiger partial charge in [0.05, 0.1) is 18.2 Å². The van der Waals surface area contributed by atoms with Crippen LogP contribution < -0.4 is 4.90 Å². The fourth-order valence-corrected chi connectivity index (χ4v) is 1.43. The zero-order valence-electron chi connectivity index (χ0n) is 9.06. The molecule has 0 spiro atoms. The zero-order chi connectivity index (χ0) is 11.3. The summed E-state index contributed by atoms with van der Waals surface area (Å²) in [6, 6.07) is 5.59. The van der Waals surface area contributed by atoms with Gasteiger partial charge in [0.2, 0.25) is 0 Å². The van der Waals surface area contributed by atoms with Crippen molar-refractivity contribution in [2.75, 3.05) is 24.6 Å². The Bertz CT molecular complexity index is 371. The van der Waals surface area contributed by atoms with Gasteiger partial charge in [-0.3, -0.25) is 0 Å². The van der Waals surface area contributed by atoms with Crippen LogP contribution in [-0.4, -0.2) is 29.8 Å². The molecule has 0 unspecified atom stereocenters. The first-order valence-corrected chi connectivity index (χ1v) is 4.95. The van der Waals surface area contributed by atoms with Crippen molar-refractivity contribution in [3.05, 3.63) is 23.4 Å². The van der Waals surface area contributed by atoms with Gasteiger partial charge in [-0.2, -0.15) is 5.26 Å². The minimum atomic E-state index is 0.0886. The predicted molar refractivity (Wildman–Crippen MR) is 58.7 cm³/mol. The summed E-state index contributed by atoms with van der Waals surface area (Å²) in [5.74, 6) is 0.753. The minimum Gasteiger partial charge on any atom is -0.395 e. The van der Waals surface area contributed by atoms with Gasteiger partial charge in [-0.1, -0.05) is 0 Å². The van der Waals surface area contributed by atoms with E-state index in [0.29, 0.717) is 12.1 Å². The van der Waals surface area contributed by atoms with Crippen molar-refractivity contribution >= 4 is 5.82 Å². The van der Waals surface area contributed by atoms with Gasteiger partial charge in [0.1, 0.15) is 5.82 Å². The van der Waals surface area contributed by atoms with E-state index in [4.69, 9.17) is 10.4 Å². The van der Waals surface area contributed by atoms with Crippen LogP contribution in [0.2, 0.25) is 0 Å². The first-order chi connectivity index (χ1) is 7.21. The molecule has 1 aromatic rings. The summed E-state index contributed by atoms with van der Waals surface area (Å²) in [4.78, 5) is 6.27. The molecule has 4 nitrogen and oxygen atoms in total. The van der Waals surface area contributed by atoms with E-state index in [1.165, 1.54) is 0 Å². The van der Waals surface area contributed by atoms with E-state index in [0.717, 1.165) is 18.1 Å². The van der Waals surface area contributed by atoms with Gasteiger partial charge >= 0.3 is 0 Å². The number of nitrogens with zero attached hydrogens (tertiary/aromatic N) is 3. The summed E-state index contributed by atoms with van der Waals surface area (Å²) < 4.78 is 0. The summed E-state index contributed by atoms with van der Waals surface area (Å²) in [7, 11) is 0. The second-order valence-electron chi connectivity index (χ2n) is 3.27. The molecule has 80 valence electrons. The Kier molecular flexibility index (Phi) is 4.07. The third-order valence-corrected chi connectivity index (χ3v) is 2.14. The molecule has 0 aliphatic heterocycles. The first kappa shape index (κ1) is 11.5. The molecule has 1 heterocycles. The number of aliphatic hydroxyl groups excluding tert-OH is 1. The average molecular weight is 205 g/mol. The summed E-state index contributed by atoms with van der Waals surface area (Å²) in [5, 5.41) is 17.7. The van der Waals surface area contributed by atoms with Gasteiger partial charge in [0.15, 0.2) is 0 Å². The van der Waals surface area contributed by atoms with Crippen molar-refractivity contribution in [1.82, 2.24) is 4.98 Å². The largest absolute Gasteiger partial charge is 0.395 e. The van der Waals surface area contributed by atoms with Crippen LogP contribution in [0.4, 0.5) is 5.82 Å². The van der Waals surface area contributed by atoms with Gasteiger partial charge in [-0.25, -0.2) is 4.98 Å². The second-order valence-corrected chi connectivity index (χ2v) is 3.27. The van der Waals surface area contributed by atoms with Crippen LogP contribution in [0.3, 0.4) is 0 Å². The van der Waals surface area contributed by atoms with Crippen molar-refractivity contribution in [2.45, 2.75) is 13.8 Å². The summed E-state index contributed by atoms with van der Waals surface area (Å²) >= 11 is 0. The molecule has 0 radical (unpaired) electrons. The van der Waals surface area contributed by atoms with Crippen molar-refractivity contribution < 1.29 is 5.11 Å². The van der Waals surface area contributed by atoms with Crippen LogP contribution in [0.1, 0.15) is 18.2 Å². The van der Waals surface area contributed by atoms with Crippen molar-refractivity contribution in [2.24, 2.45) is 0 Å². The zero-order valence-corrected chi connectivity index (χ0v) is 9.06. The number of pyridine rings is 1. The highest BCUT2D eigenvalue weighted by Gasteiger charge is 2.06. The molecule has 0 saturated heterocycles. The topological polar surface area (TPSA) is 60.1 Å². The molecule has 1 aromatic heterocycles. The monoisotopic (exact) mass is 205 g/mol. The number of aliphatic hydroxyl groups is 1. The number of anilines is 1. The Hall–Kier alpha value is -1.60. The quantitative estimate of drug-likeness (QED) is 0.799. The van der Waals surface area contributed by atoms with Gasteiger partial charge in [-0.15, -0.1) is 0 Å². The number of aryl methyl sites for hydroxylation is 1. The molecule has 0 aliphatic rings. The van der Waals surface area contributed by atoms with Gasteiger partial charge in [0, 0.05) is 18.8 Å². The molecule has 0 amide bonds. The molecule has 1 rings (SSSR count). The molecular formula is C11H15N3O. The standard InChI is InChI=1S/C11H15N3O/c1-3-14(4-5-15)11-7-10(8-12)6-9(2)13-11/h6-7,15H,3-5H2,1-2H3. The van der Waals surface area contributed by atoms with E-state index >= 15 is 0 Å². The predicted octanol–water partition coefficient (Wildman–Crippen LogP) is 1.08. The van der Waals surface area contributed by atoms with Crippen molar-refractivity contribution in [3.63, 3.8) is 0 Å². The van der Waals surface area contributed by atoms with Crippen LogP contribution >= 0.6 is 0 Å². The number of hydrogen-bond donors (Lipinski definition) is 1. The summed E-state index contributed by atoms with van der Waals surface area (Å²) in [6.07, 6.45) is 0. The lowest BCUT2D eigenvalue weighted by Gasteiger charge is -2.21. The molecule has 0 bridgehead atoms. The highest BCUT2D eigenvalue weighted by Crippen LogP contribution is 2.13. The normalized spacial score (nSPS) is 9.73. The fourth-order valence-electron chi connectivity index (χ4n) is 1.43. The Morgan fingerprint density at radius 2 is 2.27 bits per heavy atom. The van der Waals surface area contributed by atoms with Crippen LogP contribution in [-0.2, 0) is 0 Å². The maximum atomic E-state index is 8.89. The number of hydrogen-bond acceptors (Lipinski definition) is 4. The molecule has 0 saturated carbocycles. The number of nitriles is 1. The summed E-state index contributed by atoms with van der Waals surface area (Å²) in [6.45, 7) is 5.24. The van der Waals surface area contributed by atoms with Crippen LogP contribution in [0, 0.1) is 18.3 Å². The Morgan fingerprint density at radius 3 is 2.80 bits per heavy atom. The lowest BCUT2D eigenvalue weighted by molar-refractivity contribution is 0.302. The smallest absolute Gasteiger partial charge is 0.130 e. The third kappa shape index (κ3) is 2.93. The van der Waals surface area contributed by atoms with Crippen LogP contribution in [0.25, 0.3) is 0 Å². The van der Waals surface area contributed by atoms with E-state index in [2.05, 4.69) is 11.1 Å². The first-order valence-electron chi connectivity index (χ1n) is 4.95. The van der Waals surface area contributed by atoms with Gasteiger partial charge in [0.25, 0.3) is 0 Å². The lowest BCUT2D eigenvalue weighted by Crippen LogP contribution is -2.27. The number of aromatic nitrogens is 1. The molecule has 0 aromatic carbocycles. The van der Waals surface area contributed by atoms with Gasteiger partial charge < -0.3 is 10.0 Å². The molecule has 4 heteroatoms. The maximum Gasteiger partial charge on any atom is 0.130 e. The Labute approximate surface area is 89.8 Å². The highest BCUT2D eigenvalue weighted by atomic mass is 16.3. The van der Waals surface area contributed by atoms with E-state index < -0.39 is 0 Å². The number of likely N-dealkylation sites (N-methyl/N-ethyl adjacent to an activating group) is 1. The molecule has 0 fully saturated rings. The van der Waals surface area contributed by atoms with E-state index in [1.54, 1.807) is 12.1 Å². The second kappa shape index (κ2) is 5.32.